The number of likely N-dealkylation sites (N-methyl/N-ethyl adjacent to an activating group) is 1. The Kier molecular flexibility index (Phi) is 3.85. The third-order valence-electron chi connectivity index (χ3n) is 2.10. The number of rotatable bonds is 4. The van der Waals surface area contributed by atoms with Crippen molar-refractivity contribution in [3.05, 3.63) is 29.6 Å². The van der Waals surface area contributed by atoms with Crippen LogP contribution >= 0.6 is 0 Å². The molecule has 0 saturated heterocycles. The maximum atomic E-state index is 13.0. The number of hydrogen-bond acceptors (Lipinski definition) is 3. The lowest BCUT2D eigenvalue weighted by molar-refractivity contribution is 0.247. The Balaban J connectivity index is 3.08. The number of aliphatic hydroxyl groups is 1. The van der Waals surface area contributed by atoms with Crippen molar-refractivity contribution in [2.45, 2.75) is 6.04 Å². The molecule has 4 heteroatoms. The number of aliphatic hydroxyl groups excluding tert-OH is 1. The molecule has 1 aromatic rings. The van der Waals surface area contributed by atoms with Gasteiger partial charge < -0.3 is 15.2 Å². The van der Waals surface area contributed by atoms with E-state index < -0.39 is 0 Å². The minimum Gasteiger partial charge on any atom is -0.496 e. The Morgan fingerprint density at radius 3 is 2.79 bits per heavy atom. The van der Waals surface area contributed by atoms with Crippen molar-refractivity contribution in [3.63, 3.8) is 0 Å². The van der Waals surface area contributed by atoms with Crippen LogP contribution in [-0.2, 0) is 0 Å². The summed E-state index contributed by atoms with van der Waals surface area (Å²) < 4.78 is 18.0. The molecular weight excluding hydrogens is 185 g/mol. The topological polar surface area (TPSA) is 41.5 Å². The van der Waals surface area contributed by atoms with Gasteiger partial charge in [0.1, 0.15) is 11.6 Å². The highest BCUT2D eigenvalue weighted by Crippen LogP contribution is 2.25. The van der Waals surface area contributed by atoms with Gasteiger partial charge >= 0.3 is 0 Å². The average Bonchev–Trinajstić information content (AvgIpc) is 2.20. The molecule has 14 heavy (non-hydrogen) atoms. The van der Waals surface area contributed by atoms with Gasteiger partial charge in [-0.05, 0) is 25.2 Å². The van der Waals surface area contributed by atoms with Crippen molar-refractivity contribution < 1.29 is 14.2 Å². The first-order chi connectivity index (χ1) is 6.72. The van der Waals surface area contributed by atoms with Crippen LogP contribution < -0.4 is 10.1 Å². The molecule has 0 aromatic heterocycles. The van der Waals surface area contributed by atoms with Crippen LogP contribution in [0.3, 0.4) is 0 Å². The first-order valence-corrected chi connectivity index (χ1v) is 4.34. The third kappa shape index (κ3) is 2.21. The standard InChI is InChI=1S/C10H14FNO2/c1-12-9(6-13)8-5-7(11)3-4-10(8)14-2/h3-5,9,12-13H,6H2,1-2H3/t9-/m1/s1. The average molecular weight is 199 g/mol. The van der Waals surface area contributed by atoms with E-state index in [2.05, 4.69) is 5.32 Å². The van der Waals surface area contributed by atoms with Crippen molar-refractivity contribution in [1.29, 1.82) is 0 Å². The maximum absolute atomic E-state index is 13.0. The van der Waals surface area contributed by atoms with E-state index in [0.29, 0.717) is 11.3 Å². The quantitative estimate of drug-likeness (QED) is 0.762. The van der Waals surface area contributed by atoms with E-state index in [0.717, 1.165) is 0 Å². The summed E-state index contributed by atoms with van der Waals surface area (Å²) in [7, 11) is 3.21. The van der Waals surface area contributed by atoms with Crippen LogP contribution in [0.4, 0.5) is 4.39 Å². The van der Waals surface area contributed by atoms with Gasteiger partial charge in [0.2, 0.25) is 0 Å². The summed E-state index contributed by atoms with van der Waals surface area (Å²) in [6.45, 7) is -0.101. The largest absolute Gasteiger partial charge is 0.496 e. The fourth-order valence-corrected chi connectivity index (χ4v) is 1.32. The fraction of sp³-hybridized carbons (Fsp3) is 0.400. The molecule has 0 fully saturated rings. The molecule has 1 aromatic carbocycles. The molecule has 0 unspecified atom stereocenters. The molecule has 0 spiro atoms. The summed E-state index contributed by atoms with van der Waals surface area (Å²) >= 11 is 0. The second kappa shape index (κ2) is 4.93. The van der Waals surface area contributed by atoms with E-state index in [9.17, 15) is 4.39 Å². The van der Waals surface area contributed by atoms with Gasteiger partial charge in [0.15, 0.2) is 0 Å². The zero-order valence-electron chi connectivity index (χ0n) is 8.25. The monoisotopic (exact) mass is 199 g/mol. The van der Waals surface area contributed by atoms with Crippen molar-refractivity contribution in [2.75, 3.05) is 20.8 Å². The molecule has 0 amide bonds. The van der Waals surface area contributed by atoms with E-state index in [1.807, 2.05) is 0 Å². The lowest BCUT2D eigenvalue weighted by Gasteiger charge is -2.16. The van der Waals surface area contributed by atoms with Gasteiger partial charge in [-0.1, -0.05) is 0 Å². The Labute approximate surface area is 82.5 Å². The second-order valence-electron chi connectivity index (χ2n) is 2.91. The maximum Gasteiger partial charge on any atom is 0.123 e. The first-order valence-electron chi connectivity index (χ1n) is 4.34. The number of methoxy groups -OCH3 is 1. The van der Waals surface area contributed by atoms with Gasteiger partial charge in [-0.25, -0.2) is 4.39 Å². The lowest BCUT2D eigenvalue weighted by atomic mass is 10.1. The van der Waals surface area contributed by atoms with Crippen molar-refractivity contribution in [1.82, 2.24) is 5.32 Å². The normalized spacial score (nSPS) is 12.6. The summed E-state index contributed by atoms with van der Waals surface area (Å²) in [5.41, 5.74) is 0.623. The highest BCUT2D eigenvalue weighted by molar-refractivity contribution is 5.36. The zero-order valence-corrected chi connectivity index (χ0v) is 8.25. The summed E-state index contributed by atoms with van der Waals surface area (Å²) in [5.74, 6) is 0.231. The van der Waals surface area contributed by atoms with Crippen LogP contribution in [0.5, 0.6) is 5.75 Å². The third-order valence-corrected chi connectivity index (χ3v) is 2.10. The van der Waals surface area contributed by atoms with E-state index in [1.54, 1.807) is 13.1 Å². The number of nitrogens with one attached hydrogen (secondary N) is 1. The summed E-state index contributed by atoms with van der Waals surface area (Å²) in [6.07, 6.45) is 0. The molecule has 0 aliphatic carbocycles. The fourth-order valence-electron chi connectivity index (χ4n) is 1.32. The second-order valence-corrected chi connectivity index (χ2v) is 2.91. The predicted octanol–water partition coefficient (Wildman–Crippen LogP) is 1.09. The zero-order chi connectivity index (χ0) is 10.6. The van der Waals surface area contributed by atoms with Crippen LogP contribution in [0.1, 0.15) is 11.6 Å². The molecule has 3 nitrogen and oxygen atoms in total. The SMILES string of the molecule is CN[C@H](CO)c1cc(F)ccc1OC. The van der Waals surface area contributed by atoms with Gasteiger partial charge in [-0.2, -0.15) is 0 Å². The van der Waals surface area contributed by atoms with Gasteiger partial charge in [0, 0.05) is 5.56 Å². The Hall–Kier alpha value is -1.13. The Morgan fingerprint density at radius 1 is 1.57 bits per heavy atom. The van der Waals surface area contributed by atoms with Crippen molar-refractivity contribution in [3.8, 4) is 5.75 Å². The summed E-state index contributed by atoms with van der Waals surface area (Å²) in [4.78, 5) is 0. The molecule has 0 bridgehead atoms. The van der Waals surface area contributed by atoms with Crippen LogP contribution in [0.2, 0.25) is 0 Å². The first kappa shape index (κ1) is 10.9. The minimum atomic E-state index is -0.338. The summed E-state index contributed by atoms with van der Waals surface area (Å²) in [6, 6.07) is 3.92. The smallest absolute Gasteiger partial charge is 0.123 e. The van der Waals surface area contributed by atoms with Gasteiger partial charge in [-0.3, -0.25) is 0 Å². The molecular formula is C10H14FNO2. The van der Waals surface area contributed by atoms with E-state index in [1.165, 1.54) is 19.2 Å². The van der Waals surface area contributed by atoms with Crippen molar-refractivity contribution >= 4 is 0 Å². The van der Waals surface area contributed by atoms with Gasteiger partial charge in [0.25, 0.3) is 0 Å². The molecule has 78 valence electrons. The molecule has 2 N–H and O–H groups in total. The van der Waals surface area contributed by atoms with Gasteiger partial charge in [-0.15, -0.1) is 0 Å². The van der Waals surface area contributed by atoms with Crippen molar-refractivity contribution in [2.24, 2.45) is 0 Å². The van der Waals surface area contributed by atoms with Crippen LogP contribution in [-0.4, -0.2) is 25.9 Å². The Bertz CT molecular complexity index is 300. The molecule has 0 radical (unpaired) electrons. The minimum absolute atomic E-state index is 0.101. The predicted molar refractivity (Wildman–Crippen MR) is 51.8 cm³/mol. The highest BCUT2D eigenvalue weighted by Gasteiger charge is 2.13. The highest BCUT2D eigenvalue weighted by atomic mass is 19.1. The number of hydrogen-bond donors (Lipinski definition) is 2. The molecule has 0 saturated carbocycles. The van der Waals surface area contributed by atoms with Crippen LogP contribution in [0.15, 0.2) is 18.2 Å². The molecule has 1 rings (SSSR count). The lowest BCUT2D eigenvalue weighted by Crippen LogP contribution is -2.20. The van der Waals surface area contributed by atoms with E-state index in [4.69, 9.17) is 9.84 Å². The van der Waals surface area contributed by atoms with Crippen LogP contribution in [0.25, 0.3) is 0 Å². The molecule has 0 heterocycles. The van der Waals surface area contributed by atoms with Crippen LogP contribution in [0, 0.1) is 5.82 Å². The number of benzene rings is 1. The molecule has 0 aliphatic heterocycles. The Morgan fingerprint density at radius 2 is 2.29 bits per heavy atom. The van der Waals surface area contributed by atoms with E-state index >= 15 is 0 Å². The number of ether oxygens (including phenoxy) is 1. The van der Waals surface area contributed by atoms with E-state index in [-0.39, 0.29) is 18.5 Å². The molecule has 0 aliphatic rings. The van der Waals surface area contributed by atoms with Gasteiger partial charge in [0.05, 0.1) is 19.8 Å². The number of halogens is 1. The molecule has 1 atom stereocenters. The summed E-state index contributed by atoms with van der Waals surface area (Å²) in [5, 5.41) is 11.9.